The number of benzene rings is 8. The van der Waals surface area contributed by atoms with Crippen molar-refractivity contribution >= 4 is 65.7 Å². The van der Waals surface area contributed by atoms with Crippen LogP contribution in [0.25, 0.3) is 117 Å². The third-order valence-electron chi connectivity index (χ3n) is 11.1. The molecule has 12 rings (SSSR count). The molecule has 0 radical (unpaired) electrons. The minimum absolute atomic E-state index is 0.569. The Hall–Kier alpha value is -7.83. The Bertz CT molecular complexity index is 3530. The first-order chi connectivity index (χ1) is 28.2. The molecule has 0 saturated carbocycles. The zero-order chi connectivity index (χ0) is 37.5. The van der Waals surface area contributed by atoms with Gasteiger partial charge in [0.2, 0.25) is 0 Å². The summed E-state index contributed by atoms with van der Waals surface area (Å²) >= 11 is 0. The van der Waals surface area contributed by atoms with Crippen LogP contribution in [0.4, 0.5) is 0 Å². The van der Waals surface area contributed by atoms with Crippen molar-refractivity contribution in [3.05, 3.63) is 182 Å². The molecule has 0 atom stereocenters. The largest absolute Gasteiger partial charge is 0.456 e. The second-order valence-electron chi connectivity index (χ2n) is 14.4. The Kier molecular flexibility index (Phi) is 6.83. The summed E-state index contributed by atoms with van der Waals surface area (Å²) in [4.78, 5) is 15.1. The summed E-state index contributed by atoms with van der Waals surface area (Å²) < 4.78 is 15.1. The maximum absolute atomic E-state index is 6.56. The van der Waals surface area contributed by atoms with E-state index in [0.717, 1.165) is 77.4 Å². The van der Waals surface area contributed by atoms with Crippen LogP contribution in [0.15, 0.2) is 191 Å². The number of fused-ring (bicyclic) bond motifs is 9. The van der Waals surface area contributed by atoms with Crippen LogP contribution in [-0.2, 0) is 0 Å². The van der Waals surface area contributed by atoms with Crippen molar-refractivity contribution in [3.8, 4) is 51.0 Å². The molecule has 12 aromatic rings. The predicted octanol–water partition coefficient (Wildman–Crippen LogP) is 13.4. The molecule has 0 amide bonds. The summed E-state index contributed by atoms with van der Waals surface area (Å²) in [6, 6.07) is 62.8. The van der Waals surface area contributed by atoms with Crippen LogP contribution in [0.3, 0.4) is 0 Å². The van der Waals surface area contributed by atoms with Gasteiger partial charge in [-0.3, -0.25) is 0 Å². The molecule has 0 aliphatic heterocycles. The van der Waals surface area contributed by atoms with Gasteiger partial charge >= 0.3 is 0 Å². The third-order valence-corrected chi connectivity index (χ3v) is 11.1. The van der Waals surface area contributed by atoms with E-state index in [2.05, 4.69) is 120 Å². The fourth-order valence-corrected chi connectivity index (χ4v) is 8.40. The number of hydrogen-bond donors (Lipinski definition) is 0. The molecule has 6 heteroatoms. The van der Waals surface area contributed by atoms with Gasteiger partial charge in [-0.15, -0.1) is 0 Å². The Labute approximate surface area is 325 Å². The molecule has 0 aliphatic carbocycles. The van der Waals surface area contributed by atoms with Crippen LogP contribution in [0.5, 0.6) is 0 Å². The maximum atomic E-state index is 6.56. The van der Waals surface area contributed by atoms with E-state index in [4.69, 9.17) is 23.8 Å². The molecule has 0 bridgehead atoms. The monoisotopic (exact) mass is 730 g/mol. The van der Waals surface area contributed by atoms with Gasteiger partial charge in [-0.25, -0.2) is 15.0 Å². The van der Waals surface area contributed by atoms with E-state index in [1.54, 1.807) is 0 Å². The van der Waals surface area contributed by atoms with Gasteiger partial charge in [0.15, 0.2) is 17.5 Å². The van der Waals surface area contributed by atoms with Crippen molar-refractivity contribution in [1.29, 1.82) is 0 Å². The van der Waals surface area contributed by atoms with Crippen molar-refractivity contribution in [2.24, 2.45) is 0 Å². The standard InChI is InChI=1S/C51H30N4O2/c1-3-12-31(13-4-1)49-52-50(33-24-27-45-42(29-33)38-17-8-10-21-44(38)56-45)54-51(53-49)34-22-25-39-41-28-32(23-26-46(41)57-47(39)30-34)36-18-11-19-40-37-16-7-9-20-43(37)55(48(36)40)35-14-5-2-6-15-35/h1-30H. The number of aromatic nitrogens is 4. The lowest BCUT2D eigenvalue weighted by atomic mass is 9.99. The van der Waals surface area contributed by atoms with Gasteiger partial charge in [-0.2, -0.15) is 0 Å². The summed E-state index contributed by atoms with van der Waals surface area (Å²) in [6.45, 7) is 0. The molecule has 266 valence electrons. The first-order valence-electron chi connectivity index (χ1n) is 19.0. The molecule has 4 aromatic heterocycles. The van der Waals surface area contributed by atoms with Crippen LogP contribution >= 0.6 is 0 Å². The van der Waals surface area contributed by atoms with E-state index >= 15 is 0 Å². The average Bonchev–Trinajstić information content (AvgIpc) is 3.95. The maximum Gasteiger partial charge on any atom is 0.164 e. The van der Waals surface area contributed by atoms with Crippen LogP contribution < -0.4 is 0 Å². The molecule has 6 nitrogen and oxygen atoms in total. The van der Waals surface area contributed by atoms with Gasteiger partial charge in [-0.1, -0.05) is 115 Å². The lowest BCUT2D eigenvalue weighted by Crippen LogP contribution is -2.00. The van der Waals surface area contributed by atoms with Crippen molar-refractivity contribution in [2.45, 2.75) is 0 Å². The third kappa shape index (κ3) is 5.01. The van der Waals surface area contributed by atoms with E-state index in [1.807, 2.05) is 66.7 Å². The highest BCUT2D eigenvalue weighted by Gasteiger charge is 2.19. The summed E-state index contributed by atoms with van der Waals surface area (Å²) in [6.07, 6.45) is 0. The number of rotatable bonds is 5. The first kappa shape index (κ1) is 31.5. The normalized spacial score (nSPS) is 11.9. The van der Waals surface area contributed by atoms with Crippen LogP contribution in [0, 0.1) is 0 Å². The smallest absolute Gasteiger partial charge is 0.164 e. The van der Waals surface area contributed by atoms with Gasteiger partial charge in [0.25, 0.3) is 0 Å². The molecule has 4 heterocycles. The molecule has 0 spiro atoms. The summed E-state index contributed by atoms with van der Waals surface area (Å²) in [5.41, 5.74) is 11.7. The molecule has 0 N–H and O–H groups in total. The first-order valence-corrected chi connectivity index (χ1v) is 19.0. The minimum Gasteiger partial charge on any atom is -0.456 e. The van der Waals surface area contributed by atoms with Crippen LogP contribution in [0.2, 0.25) is 0 Å². The lowest BCUT2D eigenvalue weighted by molar-refractivity contribution is 0.668. The van der Waals surface area contributed by atoms with Crippen molar-refractivity contribution in [3.63, 3.8) is 0 Å². The lowest BCUT2D eigenvalue weighted by Gasteiger charge is -2.11. The molecule has 57 heavy (non-hydrogen) atoms. The second kappa shape index (κ2) is 12.3. The quantitative estimate of drug-likeness (QED) is 0.176. The molecular weight excluding hydrogens is 701 g/mol. The molecule has 8 aromatic carbocycles. The highest BCUT2D eigenvalue weighted by atomic mass is 16.3. The topological polar surface area (TPSA) is 69.9 Å². The average molecular weight is 731 g/mol. The van der Waals surface area contributed by atoms with Gasteiger partial charge in [-0.05, 0) is 72.3 Å². The summed E-state index contributed by atoms with van der Waals surface area (Å²) in [5, 5.41) is 6.61. The zero-order valence-corrected chi connectivity index (χ0v) is 30.4. The van der Waals surface area contributed by atoms with E-state index in [0.29, 0.717) is 17.5 Å². The van der Waals surface area contributed by atoms with Crippen molar-refractivity contribution in [1.82, 2.24) is 19.5 Å². The molecule has 0 saturated heterocycles. The fraction of sp³-hybridized carbons (Fsp3) is 0. The van der Waals surface area contributed by atoms with Crippen molar-refractivity contribution < 1.29 is 8.83 Å². The van der Waals surface area contributed by atoms with Gasteiger partial charge in [0.1, 0.15) is 22.3 Å². The Morgan fingerprint density at radius 1 is 0.333 bits per heavy atom. The second-order valence-corrected chi connectivity index (χ2v) is 14.4. The highest BCUT2D eigenvalue weighted by Crippen LogP contribution is 2.41. The summed E-state index contributed by atoms with van der Waals surface area (Å²) in [5.74, 6) is 1.76. The van der Waals surface area contributed by atoms with E-state index in [-0.39, 0.29) is 0 Å². The molecule has 0 aliphatic rings. The van der Waals surface area contributed by atoms with Gasteiger partial charge < -0.3 is 13.4 Å². The Morgan fingerprint density at radius 2 is 0.877 bits per heavy atom. The van der Waals surface area contributed by atoms with Crippen LogP contribution in [-0.4, -0.2) is 19.5 Å². The molecule has 0 fully saturated rings. The van der Waals surface area contributed by atoms with Gasteiger partial charge in [0.05, 0.1) is 11.0 Å². The number of nitrogens with zero attached hydrogens (tertiary/aromatic N) is 4. The fourth-order valence-electron chi connectivity index (χ4n) is 8.40. The number of hydrogen-bond acceptors (Lipinski definition) is 5. The van der Waals surface area contributed by atoms with E-state index < -0.39 is 0 Å². The number of para-hydroxylation sites is 4. The van der Waals surface area contributed by atoms with E-state index in [1.165, 1.54) is 21.8 Å². The van der Waals surface area contributed by atoms with Crippen molar-refractivity contribution in [2.75, 3.05) is 0 Å². The zero-order valence-electron chi connectivity index (χ0n) is 30.4. The molecule has 0 unspecified atom stereocenters. The summed E-state index contributed by atoms with van der Waals surface area (Å²) in [7, 11) is 0. The SMILES string of the molecule is c1ccc(-c2nc(-c3ccc4c(c3)oc3ccc(-c5cccc6c7ccccc7n(-c7ccccc7)c56)cc34)nc(-c3ccc4oc5ccccc5c4c3)n2)cc1. The van der Waals surface area contributed by atoms with Crippen LogP contribution in [0.1, 0.15) is 0 Å². The highest BCUT2D eigenvalue weighted by molar-refractivity contribution is 6.15. The predicted molar refractivity (Wildman–Crippen MR) is 230 cm³/mol. The Balaban J connectivity index is 1.00. The van der Waals surface area contributed by atoms with E-state index in [9.17, 15) is 0 Å². The molecular formula is C51H30N4O2. The Morgan fingerprint density at radius 3 is 1.67 bits per heavy atom. The minimum atomic E-state index is 0.569. The number of furan rings is 2. The van der Waals surface area contributed by atoms with Gasteiger partial charge in [0, 0.05) is 60.3 Å².